The molecule has 27 heavy (non-hydrogen) atoms. The molecule has 0 atom stereocenters. The first-order chi connectivity index (χ1) is 13.2. The molecule has 2 N–H and O–H groups in total. The number of carbonyl (C=O) groups excluding carboxylic acids is 1. The second-order valence-corrected chi connectivity index (χ2v) is 6.94. The molecule has 7 heteroatoms. The third-order valence-electron chi connectivity index (χ3n) is 4.63. The largest absolute Gasteiger partial charge is 0.361 e. The molecule has 0 aliphatic heterocycles. The Morgan fingerprint density at radius 3 is 3.04 bits per heavy atom. The molecule has 1 aromatic carbocycles. The van der Waals surface area contributed by atoms with Gasteiger partial charge >= 0.3 is 0 Å². The van der Waals surface area contributed by atoms with Crippen LogP contribution in [-0.2, 0) is 17.6 Å². The average molecular weight is 382 g/mol. The summed E-state index contributed by atoms with van der Waals surface area (Å²) in [5.74, 6) is 0.941. The lowest BCUT2D eigenvalue weighted by molar-refractivity contribution is -0.121. The lowest BCUT2D eigenvalue weighted by atomic mass is 10.1. The Balaban J connectivity index is 1.24. The predicted octanol–water partition coefficient (Wildman–Crippen LogP) is 3.55. The molecule has 0 saturated carbocycles. The van der Waals surface area contributed by atoms with Crippen LogP contribution >= 0.6 is 11.6 Å². The molecule has 0 aliphatic rings. The van der Waals surface area contributed by atoms with Crippen molar-refractivity contribution in [2.75, 3.05) is 6.54 Å². The Hall–Kier alpha value is -2.86. The molecule has 4 aromatic rings. The number of fused-ring (bicyclic) bond motifs is 2. The highest BCUT2D eigenvalue weighted by Gasteiger charge is 2.08. The van der Waals surface area contributed by atoms with Gasteiger partial charge in [-0.25, -0.2) is 0 Å². The summed E-state index contributed by atoms with van der Waals surface area (Å²) >= 11 is 6.07. The number of pyridine rings is 1. The van der Waals surface area contributed by atoms with Gasteiger partial charge in [0.15, 0.2) is 5.65 Å². The normalized spacial score (nSPS) is 11.3. The molecule has 138 valence electrons. The van der Waals surface area contributed by atoms with E-state index < -0.39 is 0 Å². The van der Waals surface area contributed by atoms with Crippen LogP contribution in [0.1, 0.15) is 24.2 Å². The third kappa shape index (κ3) is 3.95. The van der Waals surface area contributed by atoms with Crippen molar-refractivity contribution in [3.63, 3.8) is 0 Å². The van der Waals surface area contributed by atoms with Gasteiger partial charge in [0.1, 0.15) is 5.82 Å². The van der Waals surface area contributed by atoms with Gasteiger partial charge in [0.25, 0.3) is 0 Å². The molecular weight excluding hydrogens is 362 g/mol. The van der Waals surface area contributed by atoms with E-state index in [-0.39, 0.29) is 5.91 Å². The minimum absolute atomic E-state index is 0.0571. The summed E-state index contributed by atoms with van der Waals surface area (Å²) < 4.78 is 1.96. The summed E-state index contributed by atoms with van der Waals surface area (Å²) in [6.45, 7) is 0.603. The van der Waals surface area contributed by atoms with E-state index >= 15 is 0 Å². The maximum atomic E-state index is 12.1. The number of aromatic nitrogens is 4. The first-order valence-electron chi connectivity index (χ1n) is 9.01. The number of nitrogens with zero attached hydrogens (tertiary/aromatic N) is 3. The van der Waals surface area contributed by atoms with E-state index in [2.05, 4.69) is 20.5 Å². The van der Waals surface area contributed by atoms with Gasteiger partial charge in [0.05, 0.1) is 0 Å². The molecule has 1 amide bonds. The molecule has 0 fully saturated rings. The molecule has 3 aromatic heterocycles. The number of aryl methyl sites for hydroxylation is 1. The van der Waals surface area contributed by atoms with Crippen molar-refractivity contribution < 1.29 is 4.79 Å². The Labute approximate surface area is 161 Å². The number of amides is 1. The number of hydrogen-bond acceptors (Lipinski definition) is 3. The monoisotopic (exact) mass is 381 g/mol. The van der Waals surface area contributed by atoms with Crippen LogP contribution in [0.2, 0.25) is 5.02 Å². The van der Waals surface area contributed by atoms with E-state index in [1.54, 1.807) is 0 Å². The number of hydrogen-bond donors (Lipinski definition) is 2. The van der Waals surface area contributed by atoms with Crippen LogP contribution < -0.4 is 5.32 Å². The minimum atomic E-state index is 0.0571. The van der Waals surface area contributed by atoms with Crippen molar-refractivity contribution in [2.24, 2.45) is 0 Å². The van der Waals surface area contributed by atoms with E-state index in [0.717, 1.165) is 47.2 Å². The highest BCUT2D eigenvalue weighted by atomic mass is 35.5. The van der Waals surface area contributed by atoms with Crippen LogP contribution in [0.25, 0.3) is 16.6 Å². The molecule has 6 nitrogen and oxygen atoms in total. The number of benzene rings is 1. The molecule has 0 radical (unpaired) electrons. The van der Waals surface area contributed by atoms with E-state index in [9.17, 15) is 4.79 Å². The summed E-state index contributed by atoms with van der Waals surface area (Å²) in [4.78, 5) is 15.3. The highest BCUT2D eigenvalue weighted by Crippen LogP contribution is 2.22. The van der Waals surface area contributed by atoms with Crippen LogP contribution in [0.3, 0.4) is 0 Å². The predicted molar refractivity (Wildman–Crippen MR) is 106 cm³/mol. The summed E-state index contributed by atoms with van der Waals surface area (Å²) in [5, 5.41) is 13.1. The number of halogens is 1. The van der Waals surface area contributed by atoms with E-state index in [0.29, 0.717) is 18.0 Å². The number of H-pyrrole nitrogens is 1. The number of rotatable bonds is 7. The van der Waals surface area contributed by atoms with Gasteiger partial charge in [-0.1, -0.05) is 17.7 Å². The molecule has 3 heterocycles. The molecule has 0 saturated heterocycles. The van der Waals surface area contributed by atoms with Gasteiger partial charge in [-0.15, -0.1) is 10.2 Å². The van der Waals surface area contributed by atoms with Crippen molar-refractivity contribution >= 4 is 34.1 Å². The zero-order chi connectivity index (χ0) is 18.6. The SMILES string of the molecule is O=C(CCCc1nnc2ccccn12)NCCc1c[nH]c2ccc(Cl)cc12. The topological polar surface area (TPSA) is 75.1 Å². The van der Waals surface area contributed by atoms with Crippen molar-refractivity contribution in [3.05, 3.63) is 65.2 Å². The Morgan fingerprint density at radius 1 is 1.19 bits per heavy atom. The van der Waals surface area contributed by atoms with Gasteiger partial charge in [-0.3, -0.25) is 9.20 Å². The van der Waals surface area contributed by atoms with Crippen LogP contribution in [0.4, 0.5) is 0 Å². The maximum Gasteiger partial charge on any atom is 0.220 e. The van der Waals surface area contributed by atoms with Crippen molar-refractivity contribution in [1.82, 2.24) is 24.9 Å². The summed E-state index contributed by atoms with van der Waals surface area (Å²) in [7, 11) is 0. The summed E-state index contributed by atoms with van der Waals surface area (Å²) in [6, 6.07) is 11.6. The van der Waals surface area contributed by atoms with Crippen molar-refractivity contribution in [2.45, 2.75) is 25.7 Å². The van der Waals surface area contributed by atoms with Crippen molar-refractivity contribution in [1.29, 1.82) is 0 Å². The van der Waals surface area contributed by atoms with Gasteiger partial charge in [-0.05, 0) is 48.7 Å². The lowest BCUT2D eigenvalue weighted by Gasteiger charge is -2.05. The van der Waals surface area contributed by atoms with E-state index in [4.69, 9.17) is 11.6 Å². The van der Waals surface area contributed by atoms with Gasteiger partial charge < -0.3 is 10.3 Å². The van der Waals surface area contributed by atoms with Crippen LogP contribution in [-0.4, -0.2) is 32.0 Å². The first kappa shape index (κ1) is 17.5. The zero-order valence-corrected chi connectivity index (χ0v) is 15.5. The lowest BCUT2D eigenvalue weighted by Crippen LogP contribution is -2.25. The fourth-order valence-electron chi connectivity index (χ4n) is 3.25. The number of carbonyl (C=O) groups is 1. The van der Waals surface area contributed by atoms with Crippen LogP contribution in [0, 0.1) is 0 Å². The van der Waals surface area contributed by atoms with Gasteiger partial charge in [0.2, 0.25) is 5.91 Å². The first-order valence-corrected chi connectivity index (χ1v) is 9.39. The molecule has 4 rings (SSSR count). The van der Waals surface area contributed by atoms with Crippen molar-refractivity contribution in [3.8, 4) is 0 Å². The molecule has 0 bridgehead atoms. The molecule has 0 spiro atoms. The van der Waals surface area contributed by atoms with E-state index in [1.165, 1.54) is 0 Å². The van der Waals surface area contributed by atoms with Gasteiger partial charge in [0, 0.05) is 47.7 Å². The second kappa shape index (κ2) is 7.80. The summed E-state index contributed by atoms with van der Waals surface area (Å²) in [5.41, 5.74) is 3.04. The second-order valence-electron chi connectivity index (χ2n) is 6.50. The van der Waals surface area contributed by atoms with Crippen LogP contribution in [0.5, 0.6) is 0 Å². The van der Waals surface area contributed by atoms with Crippen LogP contribution in [0.15, 0.2) is 48.8 Å². The quantitative estimate of drug-likeness (QED) is 0.514. The average Bonchev–Trinajstić information content (AvgIpc) is 3.26. The Morgan fingerprint density at radius 2 is 2.11 bits per heavy atom. The van der Waals surface area contributed by atoms with E-state index in [1.807, 2.05) is 53.2 Å². The Bertz CT molecular complexity index is 1080. The third-order valence-corrected chi connectivity index (χ3v) is 4.87. The number of nitrogens with one attached hydrogen (secondary N) is 2. The zero-order valence-electron chi connectivity index (χ0n) is 14.8. The Kier molecular flexibility index (Phi) is 5.07. The summed E-state index contributed by atoms with van der Waals surface area (Å²) in [6.07, 6.45) is 6.62. The number of aromatic amines is 1. The molecular formula is C20H20ClN5O. The molecule has 0 unspecified atom stereocenters. The fourth-order valence-corrected chi connectivity index (χ4v) is 3.42. The fraction of sp³-hybridized carbons (Fsp3) is 0.250. The molecule has 0 aliphatic carbocycles. The minimum Gasteiger partial charge on any atom is -0.361 e. The highest BCUT2D eigenvalue weighted by molar-refractivity contribution is 6.31. The smallest absolute Gasteiger partial charge is 0.220 e. The van der Waals surface area contributed by atoms with Gasteiger partial charge in [-0.2, -0.15) is 0 Å². The standard InChI is InChI=1S/C20H20ClN5O/c21-15-7-8-17-16(12-15)14(13-23-17)9-10-22-20(27)6-3-5-19-25-24-18-4-1-2-11-26(18)19/h1-2,4,7-8,11-13,23H,3,5-6,9-10H2,(H,22,27). The maximum absolute atomic E-state index is 12.1.